The maximum absolute atomic E-state index is 14.7. The summed E-state index contributed by atoms with van der Waals surface area (Å²) in [5, 5.41) is 63.3. The first-order valence-corrected chi connectivity index (χ1v) is 37.5. The van der Waals surface area contributed by atoms with E-state index in [-0.39, 0.29) is 56.8 Å². The molecule has 0 saturated carbocycles. The molecule has 1 heterocycles. The Balaban J connectivity index is 2.39. The number of nitrogens with two attached hydrogens (primary N) is 1. The van der Waals surface area contributed by atoms with Crippen LogP contribution in [-0.2, 0) is 73.5 Å². The number of aliphatic hydroxyl groups is 2. The maximum Gasteiger partial charge on any atom is 0.326 e. The molecular formula is C75H126N14O17. The molecule has 1 aromatic carbocycles. The lowest BCUT2D eigenvalue weighted by atomic mass is 9.95. The number of likely N-dealkylation sites (tertiary alicyclic amines) is 1. The van der Waals surface area contributed by atoms with Crippen LogP contribution in [-0.4, -0.2) is 201 Å². The molecule has 1 aromatic rings. The van der Waals surface area contributed by atoms with Crippen molar-refractivity contribution in [3.63, 3.8) is 0 Å². The van der Waals surface area contributed by atoms with Crippen LogP contribution in [0.3, 0.4) is 0 Å². The fraction of sp³-hybridized carbons (Fsp3) is 0.707. The van der Waals surface area contributed by atoms with Crippen molar-refractivity contribution < 1.29 is 82.4 Å². The fourth-order valence-electron chi connectivity index (χ4n) is 11.8. The Morgan fingerprint density at radius 1 is 0.481 bits per heavy atom. The Labute approximate surface area is 625 Å². The van der Waals surface area contributed by atoms with Gasteiger partial charge in [-0.1, -0.05) is 166 Å². The summed E-state index contributed by atoms with van der Waals surface area (Å²) in [4.78, 5) is 197. The van der Waals surface area contributed by atoms with E-state index in [1.54, 1.807) is 127 Å². The zero-order chi connectivity index (χ0) is 80.7. The number of rotatable bonds is 45. The van der Waals surface area contributed by atoms with Crippen molar-refractivity contribution in [2.24, 2.45) is 53.1 Å². The van der Waals surface area contributed by atoms with Crippen molar-refractivity contribution in [2.45, 2.75) is 280 Å². The summed E-state index contributed by atoms with van der Waals surface area (Å²) in [5.74, 6) is -15.2. The summed E-state index contributed by atoms with van der Waals surface area (Å²) in [6.45, 7) is 31.5. The largest absolute Gasteiger partial charge is 0.480 e. The van der Waals surface area contributed by atoms with Gasteiger partial charge in [0.1, 0.15) is 78.2 Å². The third kappa shape index (κ3) is 29.6. The molecule has 13 amide bonds. The van der Waals surface area contributed by atoms with Gasteiger partial charge >= 0.3 is 5.97 Å². The number of amides is 13. The average Bonchev–Trinajstić information content (AvgIpc) is 1.54. The molecule has 2 rings (SSSR count). The quantitative estimate of drug-likeness (QED) is 0.0410. The zero-order valence-electron chi connectivity index (χ0n) is 65.7. The van der Waals surface area contributed by atoms with E-state index in [0.717, 1.165) is 6.42 Å². The van der Waals surface area contributed by atoms with Gasteiger partial charge in [-0.25, -0.2) is 4.79 Å². The van der Waals surface area contributed by atoms with Crippen LogP contribution >= 0.6 is 0 Å². The zero-order valence-corrected chi connectivity index (χ0v) is 65.7. The Morgan fingerprint density at radius 3 is 1.32 bits per heavy atom. The highest BCUT2D eigenvalue weighted by molar-refractivity contribution is 6.02. The molecule has 0 aromatic heterocycles. The number of nitrogens with one attached hydrogen (secondary N) is 12. The van der Waals surface area contributed by atoms with Crippen LogP contribution in [0, 0.1) is 47.3 Å². The van der Waals surface area contributed by atoms with Crippen LogP contribution in [0.15, 0.2) is 42.1 Å². The number of carboxylic acids is 1. The third-order valence-electron chi connectivity index (χ3n) is 19.0. The Bertz CT molecular complexity index is 3140. The van der Waals surface area contributed by atoms with Gasteiger partial charge in [0, 0.05) is 19.4 Å². The Morgan fingerprint density at radius 2 is 0.896 bits per heavy atom. The monoisotopic (exact) mass is 1490 g/mol. The van der Waals surface area contributed by atoms with Gasteiger partial charge in [0.25, 0.3) is 5.91 Å². The second-order valence-corrected chi connectivity index (χ2v) is 30.1. The van der Waals surface area contributed by atoms with Gasteiger partial charge < -0.3 is 89.8 Å². The SMILES string of the molecule is CC=C(NC(=O)[C@H](Cc1ccccc1)NC(=O)C(NC(=O)[C@H](NC(=O)C(NC(=O)[C@H](NC(=O)[C@H](CCCN)NC(=O)[C@@H]1CCCN1C(=O)C(NC(=O)C(NC(=O)C(NC(=O)C(NC(=O)CCCC(C)C)C(C)C)C(C)O)C(C)C)C(C)C)C(C)CC)C(C)O)C(C)CC)C(C)C)C(=O)NC(C(=O)O)C(C)C. The van der Waals surface area contributed by atoms with Gasteiger partial charge in [-0.05, 0) is 112 Å². The van der Waals surface area contributed by atoms with E-state index in [0.29, 0.717) is 37.2 Å². The molecular weight excluding hydrogens is 1370 g/mol. The molecule has 1 aliphatic heterocycles. The van der Waals surface area contributed by atoms with Gasteiger partial charge in [-0.3, -0.25) is 62.3 Å². The molecule has 1 saturated heterocycles. The van der Waals surface area contributed by atoms with Gasteiger partial charge in [0.05, 0.1) is 12.2 Å². The molecule has 31 nitrogen and oxygen atoms in total. The maximum atomic E-state index is 14.7. The lowest BCUT2D eigenvalue weighted by Crippen LogP contribution is -2.63. The second kappa shape index (κ2) is 45.8. The van der Waals surface area contributed by atoms with Crippen LogP contribution < -0.4 is 69.5 Å². The van der Waals surface area contributed by atoms with Crippen LogP contribution in [0.4, 0.5) is 0 Å². The summed E-state index contributed by atoms with van der Waals surface area (Å²) in [7, 11) is 0. The van der Waals surface area contributed by atoms with Gasteiger partial charge in [0.15, 0.2) is 0 Å². The minimum absolute atomic E-state index is 0.0294. The molecule has 0 radical (unpaired) electrons. The van der Waals surface area contributed by atoms with Crippen molar-refractivity contribution >= 4 is 82.8 Å². The van der Waals surface area contributed by atoms with Gasteiger partial charge in [-0.15, -0.1) is 0 Å². The summed E-state index contributed by atoms with van der Waals surface area (Å²) in [6.07, 6.45) is 1.01. The van der Waals surface area contributed by atoms with Crippen molar-refractivity contribution in [2.75, 3.05) is 13.1 Å². The van der Waals surface area contributed by atoms with Crippen LogP contribution in [0.1, 0.15) is 195 Å². The predicted octanol–water partition coefficient (Wildman–Crippen LogP) is 1.36. The molecule has 16 atom stereocenters. The molecule has 1 fully saturated rings. The van der Waals surface area contributed by atoms with Gasteiger partial charge in [-0.2, -0.15) is 0 Å². The van der Waals surface area contributed by atoms with Crippen molar-refractivity contribution in [1.29, 1.82) is 0 Å². The highest BCUT2D eigenvalue weighted by atomic mass is 16.4. The number of aliphatic carboxylic acids is 1. The normalized spacial score (nSPS) is 17.5. The van der Waals surface area contributed by atoms with Crippen LogP contribution in [0.2, 0.25) is 0 Å². The van der Waals surface area contributed by atoms with Crippen LogP contribution in [0.5, 0.6) is 0 Å². The van der Waals surface area contributed by atoms with Crippen molar-refractivity contribution in [3.05, 3.63) is 47.7 Å². The molecule has 0 spiro atoms. The highest BCUT2D eigenvalue weighted by Gasteiger charge is 2.44. The number of nitrogens with zero attached hydrogens (tertiary/aromatic N) is 1. The molecule has 31 heteroatoms. The van der Waals surface area contributed by atoms with Crippen LogP contribution in [0.25, 0.3) is 0 Å². The number of hydrogen-bond acceptors (Lipinski definition) is 17. The first kappa shape index (κ1) is 93.5. The van der Waals surface area contributed by atoms with E-state index in [9.17, 15) is 82.4 Å². The van der Waals surface area contributed by atoms with E-state index < -0.39 is 203 Å². The summed E-state index contributed by atoms with van der Waals surface area (Å²) in [6, 6.07) is -7.57. The Hall–Kier alpha value is -8.58. The molecule has 17 N–H and O–H groups in total. The standard InChI is InChI=1S/C75H126N14O17/c1-20-44(16)59(71(101)88-62(47(19)91)73(103)86-60(45(17)21-2)70(100)81-55(40(8)9)67(97)79-51(37-48-30-24-23-25-31-48)65(95)77-49(22-3)63(93)84-58(43(14)15)75(105)106)85-64(94)50(32-27-35-76)78-66(96)52-33-28-36-89(52)74(104)57(42(12)13)83-69(99)56(41(10)11)82-72(102)61(46(18)90)87-68(98)54(39(6)7)80-53(92)34-26-29-38(4)5/h22-25,30-31,38-47,50-52,54-62,90-91H,20-21,26-29,32-37,76H2,1-19H3,(H,77,95)(H,78,96)(H,79,97)(H,80,92)(H,81,100)(H,82,102)(H,83,99)(H,84,93)(H,85,94)(H,86,103)(H,87,98)(H,88,101)(H,105,106)/t44?,45?,46?,47?,50-,51-,52-,54?,55?,56?,57?,58?,59+,60+,61?,62?/m0/s1. The van der Waals surface area contributed by atoms with E-state index in [1.165, 1.54) is 31.7 Å². The summed E-state index contributed by atoms with van der Waals surface area (Å²) >= 11 is 0. The first-order valence-electron chi connectivity index (χ1n) is 37.5. The lowest BCUT2D eigenvalue weighted by Gasteiger charge is -2.33. The molecule has 11 unspecified atom stereocenters. The highest BCUT2D eigenvalue weighted by Crippen LogP contribution is 2.23. The number of benzene rings is 1. The summed E-state index contributed by atoms with van der Waals surface area (Å²) < 4.78 is 0. The number of aliphatic hydroxyl groups excluding tert-OH is 2. The van der Waals surface area contributed by atoms with Gasteiger partial charge in [0.2, 0.25) is 70.9 Å². The lowest BCUT2D eigenvalue weighted by molar-refractivity contribution is -0.144. The average molecular weight is 1500 g/mol. The number of allylic oxidation sites excluding steroid dienone is 1. The smallest absolute Gasteiger partial charge is 0.326 e. The first-order chi connectivity index (χ1) is 49.6. The summed E-state index contributed by atoms with van der Waals surface area (Å²) in [5.41, 5.74) is 6.24. The topological polar surface area (TPSA) is 473 Å². The number of carbonyl (C=O) groups is 14. The van der Waals surface area contributed by atoms with Crippen molar-refractivity contribution in [1.82, 2.24) is 68.7 Å². The number of hydrogen-bond donors (Lipinski definition) is 16. The molecule has 106 heavy (non-hydrogen) atoms. The van der Waals surface area contributed by atoms with E-state index >= 15 is 0 Å². The minimum atomic E-state index is -1.74. The second-order valence-electron chi connectivity index (χ2n) is 30.1. The molecule has 0 aliphatic carbocycles. The van der Waals surface area contributed by atoms with Crippen molar-refractivity contribution in [3.8, 4) is 0 Å². The fourth-order valence-corrected chi connectivity index (χ4v) is 11.8. The minimum Gasteiger partial charge on any atom is -0.480 e. The van der Waals surface area contributed by atoms with E-state index in [2.05, 4.69) is 63.8 Å². The van der Waals surface area contributed by atoms with E-state index in [4.69, 9.17) is 5.73 Å². The van der Waals surface area contributed by atoms with E-state index in [1.807, 2.05) is 13.8 Å². The third-order valence-corrected chi connectivity index (χ3v) is 19.0. The molecule has 0 bridgehead atoms. The number of carboxylic acid groups (broad SMARTS) is 1. The molecule has 598 valence electrons. The Kier molecular flexibility index (Phi) is 40.4. The number of carbonyl (C=O) groups excluding carboxylic acids is 13. The molecule has 1 aliphatic rings. The predicted molar refractivity (Wildman–Crippen MR) is 399 cm³/mol.